The Morgan fingerprint density at radius 3 is 2.29 bits per heavy atom. The van der Waals surface area contributed by atoms with Gasteiger partial charge in [0.05, 0.1) is 6.07 Å². The van der Waals surface area contributed by atoms with Crippen LogP contribution in [0.3, 0.4) is 0 Å². The first-order valence-electron chi connectivity index (χ1n) is 6.78. The second-order valence-electron chi connectivity index (χ2n) is 4.56. The molecule has 21 heavy (non-hydrogen) atoms. The fourth-order valence-corrected chi connectivity index (χ4v) is 1.91. The van der Waals surface area contributed by atoms with Gasteiger partial charge in [-0.15, -0.1) is 0 Å². The Balaban J connectivity index is 1.89. The predicted octanol–water partition coefficient (Wildman–Crippen LogP) is 3.41. The van der Waals surface area contributed by atoms with Crippen molar-refractivity contribution in [2.45, 2.75) is 6.42 Å². The molecule has 0 aromatic heterocycles. The van der Waals surface area contributed by atoms with E-state index in [4.69, 9.17) is 5.26 Å². The molecule has 0 aliphatic heterocycles. The van der Waals surface area contributed by atoms with Gasteiger partial charge >= 0.3 is 0 Å². The first kappa shape index (κ1) is 14.5. The van der Waals surface area contributed by atoms with Crippen LogP contribution in [0.1, 0.15) is 22.3 Å². The van der Waals surface area contributed by atoms with Crippen molar-refractivity contribution in [3.05, 3.63) is 77.4 Å². The lowest BCUT2D eigenvalue weighted by Gasteiger charge is -2.04. The van der Waals surface area contributed by atoms with E-state index in [1.165, 1.54) is 0 Å². The molecule has 0 unspecified atom stereocenters. The maximum Gasteiger partial charge on any atom is 0.251 e. The topological polar surface area (TPSA) is 52.9 Å². The molecule has 0 saturated carbocycles. The van der Waals surface area contributed by atoms with E-state index in [1.807, 2.05) is 54.6 Å². The van der Waals surface area contributed by atoms with E-state index >= 15 is 0 Å². The van der Waals surface area contributed by atoms with Crippen molar-refractivity contribution in [1.82, 2.24) is 5.32 Å². The van der Waals surface area contributed by atoms with E-state index < -0.39 is 0 Å². The third-order valence-electron chi connectivity index (χ3n) is 3.00. The highest BCUT2D eigenvalue weighted by molar-refractivity contribution is 5.94. The number of nitriles is 1. The highest BCUT2D eigenvalue weighted by Gasteiger charge is 2.04. The summed E-state index contributed by atoms with van der Waals surface area (Å²) in [6, 6.07) is 20.9. The van der Waals surface area contributed by atoms with E-state index in [1.54, 1.807) is 12.1 Å². The van der Waals surface area contributed by atoms with Gasteiger partial charge in [0.15, 0.2) is 0 Å². The third kappa shape index (κ3) is 4.63. The molecular formula is C18H16N2O. The van der Waals surface area contributed by atoms with Gasteiger partial charge < -0.3 is 5.32 Å². The lowest BCUT2D eigenvalue weighted by Crippen LogP contribution is -2.24. The number of hydrogen-bond donors (Lipinski definition) is 1. The standard InChI is InChI=1S/C18H16N2O/c19-14-16(13-15-7-3-1-4-8-15)11-12-20-18(21)17-9-5-2-6-10-17/h1-10,13H,11-12H2,(H,20,21)/b16-13+. The highest BCUT2D eigenvalue weighted by Crippen LogP contribution is 2.08. The van der Waals surface area contributed by atoms with Crippen molar-refractivity contribution < 1.29 is 4.79 Å². The molecule has 0 fully saturated rings. The maximum atomic E-state index is 11.9. The normalized spacial score (nSPS) is 10.7. The van der Waals surface area contributed by atoms with Crippen LogP contribution in [0.15, 0.2) is 66.2 Å². The van der Waals surface area contributed by atoms with Crippen LogP contribution in [-0.4, -0.2) is 12.5 Å². The minimum Gasteiger partial charge on any atom is -0.352 e. The minimum absolute atomic E-state index is 0.118. The maximum absolute atomic E-state index is 11.9. The van der Waals surface area contributed by atoms with Gasteiger partial charge in [0.25, 0.3) is 5.91 Å². The molecule has 0 spiro atoms. The summed E-state index contributed by atoms with van der Waals surface area (Å²) in [7, 11) is 0. The van der Waals surface area contributed by atoms with Crippen molar-refractivity contribution >= 4 is 12.0 Å². The molecular weight excluding hydrogens is 260 g/mol. The van der Waals surface area contributed by atoms with Crippen molar-refractivity contribution in [3.8, 4) is 6.07 Å². The molecule has 0 heterocycles. The van der Waals surface area contributed by atoms with Crippen molar-refractivity contribution in [2.75, 3.05) is 6.54 Å². The Kier molecular flexibility index (Phi) is 5.31. The van der Waals surface area contributed by atoms with Gasteiger partial charge in [-0.1, -0.05) is 48.5 Å². The van der Waals surface area contributed by atoms with Gasteiger partial charge in [0.1, 0.15) is 0 Å². The summed E-state index contributed by atoms with van der Waals surface area (Å²) in [6.45, 7) is 0.444. The Morgan fingerprint density at radius 2 is 1.67 bits per heavy atom. The number of hydrogen-bond acceptors (Lipinski definition) is 2. The Labute approximate surface area is 124 Å². The molecule has 3 heteroatoms. The van der Waals surface area contributed by atoms with Gasteiger partial charge in [0, 0.05) is 17.7 Å². The van der Waals surface area contributed by atoms with Crippen LogP contribution in [0.25, 0.3) is 6.08 Å². The molecule has 0 aliphatic rings. The second kappa shape index (κ2) is 7.66. The van der Waals surface area contributed by atoms with Crippen molar-refractivity contribution in [3.63, 3.8) is 0 Å². The number of nitrogens with one attached hydrogen (secondary N) is 1. The zero-order valence-electron chi connectivity index (χ0n) is 11.6. The van der Waals surface area contributed by atoms with Crippen LogP contribution in [0, 0.1) is 11.3 Å². The molecule has 104 valence electrons. The Morgan fingerprint density at radius 1 is 1.05 bits per heavy atom. The summed E-state index contributed by atoms with van der Waals surface area (Å²) in [6.07, 6.45) is 2.36. The molecule has 3 nitrogen and oxygen atoms in total. The van der Waals surface area contributed by atoms with Gasteiger partial charge in [-0.05, 0) is 30.2 Å². The molecule has 0 aliphatic carbocycles. The van der Waals surface area contributed by atoms with E-state index in [0.29, 0.717) is 24.1 Å². The number of amides is 1. The first-order chi connectivity index (χ1) is 10.3. The van der Waals surface area contributed by atoms with Crippen LogP contribution in [0.5, 0.6) is 0 Å². The van der Waals surface area contributed by atoms with E-state index in [9.17, 15) is 4.79 Å². The van der Waals surface area contributed by atoms with Crippen molar-refractivity contribution in [1.29, 1.82) is 5.26 Å². The molecule has 0 radical (unpaired) electrons. The van der Waals surface area contributed by atoms with Gasteiger partial charge in [0.2, 0.25) is 0 Å². The molecule has 2 aromatic rings. The number of nitrogens with zero attached hydrogens (tertiary/aromatic N) is 1. The van der Waals surface area contributed by atoms with Crippen LogP contribution >= 0.6 is 0 Å². The Bertz CT molecular complexity index is 655. The lowest BCUT2D eigenvalue weighted by molar-refractivity contribution is 0.0954. The average molecular weight is 276 g/mol. The fraction of sp³-hybridized carbons (Fsp3) is 0.111. The van der Waals surface area contributed by atoms with E-state index in [2.05, 4.69) is 11.4 Å². The lowest BCUT2D eigenvalue weighted by atomic mass is 10.1. The second-order valence-corrected chi connectivity index (χ2v) is 4.56. The third-order valence-corrected chi connectivity index (χ3v) is 3.00. The number of carbonyl (C=O) groups excluding carboxylic acids is 1. The van der Waals surface area contributed by atoms with Gasteiger partial charge in [-0.2, -0.15) is 5.26 Å². The van der Waals surface area contributed by atoms with Crippen LogP contribution in [-0.2, 0) is 0 Å². The molecule has 0 saturated heterocycles. The van der Waals surface area contributed by atoms with Crippen LogP contribution < -0.4 is 5.32 Å². The zero-order valence-corrected chi connectivity index (χ0v) is 11.6. The molecule has 2 aromatic carbocycles. The largest absolute Gasteiger partial charge is 0.352 e. The van der Waals surface area contributed by atoms with Gasteiger partial charge in [-0.25, -0.2) is 0 Å². The molecule has 0 atom stereocenters. The fourth-order valence-electron chi connectivity index (χ4n) is 1.91. The summed E-state index contributed by atoms with van der Waals surface area (Å²) in [5.41, 5.74) is 2.26. The quantitative estimate of drug-likeness (QED) is 0.851. The SMILES string of the molecule is N#C/C(=C/c1ccccc1)CCNC(=O)c1ccccc1. The van der Waals surface area contributed by atoms with Crippen molar-refractivity contribution in [2.24, 2.45) is 0 Å². The minimum atomic E-state index is -0.118. The molecule has 0 bridgehead atoms. The van der Waals surface area contributed by atoms with Gasteiger partial charge in [-0.3, -0.25) is 4.79 Å². The van der Waals surface area contributed by atoms with E-state index in [0.717, 1.165) is 5.56 Å². The summed E-state index contributed by atoms with van der Waals surface area (Å²) >= 11 is 0. The summed E-state index contributed by atoms with van der Waals surface area (Å²) in [5, 5.41) is 12.0. The van der Waals surface area contributed by atoms with E-state index in [-0.39, 0.29) is 5.91 Å². The van der Waals surface area contributed by atoms with Crippen LogP contribution in [0.4, 0.5) is 0 Å². The number of rotatable bonds is 5. The molecule has 1 amide bonds. The monoisotopic (exact) mass is 276 g/mol. The average Bonchev–Trinajstić information content (AvgIpc) is 2.55. The smallest absolute Gasteiger partial charge is 0.251 e. The first-order valence-corrected chi connectivity index (χ1v) is 6.78. The summed E-state index contributed by atoms with van der Waals surface area (Å²) in [5.74, 6) is -0.118. The number of benzene rings is 2. The summed E-state index contributed by atoms with van der Waals surface area (Å²) in [4.78, 5) is 11.9. The zero-order chi connectivity index (χ0) is 14.9. The number of carbonyl (C=O) groups is 1. The predicted molar refractivity (Wildman–Crippen MR) is 83.4 cm³/mol. The summed E-state index contributed by atoms with van der Waals surface area (Å²) < 4.78 is 0. The van der Waals surface area contributed by atoms with Crippen LogP contribution in [0.2, 0.25) is 0 Å². The molecule has 2 rings (SSSR count). The highest BCUT2D eigenvalue weighted by atomic mass is 16.1. The Hall–Kier alpha value is -2.86. The molecule has 1 N–H and O–H groups in total.